The molecule has 0 aliphatic carbocycles. The van der Waals surface area contributed by atoms with E-state index in [9.17, 15) is 17.4 Å². The summed E-state index contributed by atoms with van der Waals surface area (Å²) in [6.45, 7) is 4.23. The van der Waals surface area contributed by atoms with Crippen molar-refractivity contribution < 1.29 is 36.3 Å². The molecule has 11 nitrogen and oxygen atoms in total. The van der Waals surface area contributed by atoms with Crippen molar-refractivity contribution in [1.82, 2.24) is 14.9 Å². The van der Waals surface area contributed by atoms with Crippen LogP contribution >= 0.6 is 0 Å². The molecule has 6 heterocycles. The summed E-state index contributed by atoms with van der Waals surface area (Å²) in [6.07, 6.45) is 11.9. The molecule has 4 aliphatic heterocycles. The van der Waals surface area contributed by atoms with Gasteiger partial charge in [-0.25, -0.2) is 4.39 Å². The Kier molecular flexibility index (Phi) is 8.92. The van der Waals surface area contributed by atoms with Crippen molar-refractivity contribution >= 4 is 43.7 Å². The van der Waals surface area contributed by atoms with Gasteiger partial charge in [-0.05, 0) is 123 Å². The molecule has 0 amide bonds. The zero-order chi connectivity index (χ0) is 39.6. The smallest absolute Gasteiger partial charge is 0.294 e. The fraction of sp³-hybridized carbons (Fsp3) is 0.267. The normalized spacial score (nSPS) is 19.2. The van der Waals surface area contributed by atoms with Gasteiger partial charge in [0.05, 0.1) is 5.52 Å². The second-order valence-electron chi connectivity index (χ2n) is 15.6. The molecule has 13 heteroatoms. The molecular weight excluding hydrogens is 760 g/mol. The number of fused-ring (bicyclic) bond motifs is 7. The molecule has 0 saturated carbocycles. The molecule has 10 rings (SSSR count). The van der Waals surface area contributed by atoms with Crippen molar-refractivity contribution in [2.24, 2.45) is 5.92 Å². The maximum Gasteiger partial charge on any atom is 0.294 e. The standard InChI is InChI=1S/C45H41FN4O7S/c1-27-6-13-41(58(51,52)53)42(34(27)22-31-24-54-39-11-9-36-32(43(39)56-31)4-2-16-47-36)45(26-55-40-12-10-37-33(44(40)57-45)5-3-17-48-37)25-50-18-14-28(15-19-50)20-29-23-49-38-8-7-30(46)21-35(29)38/h2-13,17,21,23-24,28,47,49H,14-16,18-20,22,25-26H2,1H3,(H,51,52,53)/t45-/m1/s1. The Balaban J connectivity index is 1.03. The van der Waals surface area contributed by atoms with Crippen molar-refractivity contribution in [3.05, 3.63) is 131 Å². The van der Waals surface area contributed by atoms with Crippen LogP contribution in [0.3, 0.4) is 0 Å². The maximum atomic E-state index is 14.2. The summed E-state index contributed by atoms with van der Waals surface area (Å²) in [4.78, 5) is 9.85. The van der Waals surface area contributed by atoms with Crippen molar-refractivity contribution in [3.63, 3.8) is 0 Å². The van der Waals surface area contributed by atoms with Crippen molar-refractivity contribution in [2.75, 3.05) is 38.1 Å². The first-order chi connectivity index (χ1) is 28.1. The van der Waals surface area contributed by atoms with Crippen LogP contribution in [0.15, 0.2) is 102 Å². The van der Waals surface area contributed by atoms with Gasteiger partial charge in [-0.15, -0.1) is 0 Å². The van der Waals surface area contributed by atoms with Crippen LogP contribution in [0.1, 0.15) is 40.7 Å². The molecule has 0 radical (unpaired) electrons. The fourth-order valence-corrected chi connectivity index (χ4v) is 9.82. The highest BCUT2D eigenvalue weighted by Crippen LogP contribution is 2.48. The van der Waals surface area contributed by atoms with E-state index in [0.717, 1.165) is 57.9 Å². The number of pyridine rings is 1. The lowest BCUT2D eigenvalue weighted by molar-refractivity contribution is -0.0447. The van der Waals surface area contributed by atoms with Crippen LogP contribution in [0.5, 0.6) is 23.0 Å². The maximum absolute atomic E-state index is 14.2. The van der Waals surface area contributed by atoms with Crippen molar-refractivity contribution in [1.29, 1.82) is 0 Å². The number of likely N-dealkylation sites (tertiary alicyclic amines) is 1. The van der Waals surface area contributed by atoms with Gasteiger partial charge in [0.1, 0.15) is 29.3 Å². The van der Waals surface area contributed by atoms with E-state index in [4.69, 9.17) is 18.9 Å². The summed E-state index contributed by atoms with van der Waals surface area (Å²) in [5.41, 5.74) is 4.75. The number of allylic oxidation sites excluding steroid dienone is 1. The third kappa shape index (κ3) is 6.52. The number of hydrogen-bond acceptors (Lipinski definition) is 9. The van der Waals surface area contributed by atoms with E-state index in [-0.39, 0.29) is 30.3 Å². The Bertz CT molecular complexity index is 2790. The Morgan fingerprint density at radius 1 is 1.02 bits per heavy atom. The predicted molar refractivity (Wildman–Crippen MR) is 219 cm³/mol. The summed E-state index contributed by atoms with van der Waals surface area (Å²) in [6, 6.07) is 19.2. The number of piperidine rings is 1. The van der Waals surface area contributed by atoms with E-state index in [1.54, 1.807) is 30.7 Å². The summed E-state index contributed by atoms with van der Waals surface area (Å²) in [5.74, 6) is 2.64. The second kappa shape index (κ2) is 14.2. The van der Waals surface area contributed by atoms with E-state index in [2.05, 4.69) is 20.2 Å². The highest BCUT2D eigenvalue weighted by molar-refractivity contribution is 7.85. The van der Waals surface area contributed by atoms with Gasteiger partial charge in [0.15, 0.2) is 28.6 Å². The van der Waals surface area contributed by atoms with E-state index in [1.807, 2.05) is 61.7 Å². The first-order valence-electron chi connectivity index (χ1n) is 19.5. The molecule has 0 bridgehead atoms. The lowest BCUT2D eigenvalue weighted by atomic mass is 9.83. The van der Waals surface area contributed by atoms with Crippen molar-refractivity contribution in [3.8, 4) is 23.0 Å². The number of aromatic nitrogens is 2. The predicted octanol–water partition coefficient (Wildman–Crippen LogP) is 8.33. The lowest BCUT2D eigenvalue weighted by Gasteiger charge is -2.45. The number of H-pyrrole nitrogens is 1. The number of rotatable bonds is 8. The summed E-state index contributed by atoms with van der Waals surface area (Å²) >= 11 is 0. The number of ether oxygens (including phenoxy) is 4. The quantitative estimate of drug-likeness (QED) is 0.129. The van der Waals surface area contributed by atoms with Gasteiger partial charge in [0.2, 0.25) is 0 Å². The number of hydrogen-bond donors (Lipinski definition) is 3. The summed E-state index contributed by atoms with van der Waals surface area (Å²) in [7, 11) is -4.79. The molecule has 4 aromatic carbocycles. The fourth-order valence-electron chi connectivity index (χ4n) is 9.02. The van der Waals surface area contributed by atoms with Crippen LogP contribution < -0.4 is 24.3 Å². The number of aromatic amines is 1. The molecule has 58 heavy (non-hydrogen) atoms. The molecule has 2 aromatic heterocycles. The minimum absolute atomic E-state index is 0.0330. The minimum atomic E-state index is -4.79. The van der Waals surface area contributed by atoms with Gasteiger partial charge < -0.3 is 29.2 Å². The molecule has 4 aliphatic rings. The molecule has 1 saturated heterocycles. The number of halogens is 1. The van der Waals surface area contributed by atoms with E-state index >= 15 is 0 Å². The molecule has 1 fully saturated rings. The van der Waals surface area contributed by atoms with Crippen LogP contribution in [0.2, 0.25) is 0 Å². The Morgan fingerprint density at radius 3 is 2.74 bits per heavy atom. The Hall–Kier alpha value is -5.89. The average Bonchev–Trinajstić information content (AvgIpc) is 3.62. The molecule has 1 atom stereocenters. The topological polar surface area (TPSA) is 135 Å². The van der Waals surface area contributed by atoms with E-state index in [0.29, 0.717) is 71.0 Å². The number of benzene rings is 4. The molecule has 3 N–H and O–H groups in total. The van der Waals surface area contributed by atoms with Gasteiger partial charge in [0.25, 0.3) is 10.1 Å². The van der Waals surface area contributed by atoms with Crippen LogP contribution in [-0.4, -0.2) is 60.6 Å². The zero-order valence-electron chi connectivity index (χ0n) is 31.8. The van der Waals surface area contributed by atoms with Gasteiger partial charge in [-0.2, -0.15) is 8.42 Å². The number of nitrogens with one attached hydrogen (secondary N) is 2. The molecule has 0 unspecified atom stereocenters. The number of anilines is 1. The summed E-state index contributed by atoms with van der Waals surface area (Å²) < 4.78 is 78.6. The molecule has 296 valence electrons. The summed E-state index contributed by atoms with van der Waals surface area (Å²) in [5, 5.41) is 4.98. The largest absolute Gasteiger partial charge is 0.485 e. The SMILES string of the molecule is Cc1ccc(S(=O)(=O)O)c([C@@]2(CN3CCC(Cc4c[nH]c5ccc(F)cc45)CC3)COc3ccc4ncccc4c3O2)c1CC1=COc2ccc3c(c2O1)C=CCN3. The zero-order valence-corrected chi connectivity index (χ0v) is 32.6. The van der Waals surface area contributed by atoms with Gasteiger partial charge in [-0.1, -0.05) is 18.2 Å². The first-order valence-corrected chi connectivity index (χ1v) is 20.9. The Morgan fingerprint density at radius 2 is 1.88 bits per heavy atom. The molecule has 6 aromatic rings. The lowest BCUT2D eigenvalue weighted by Crippen LogP contribution is -2.53. The first kappa shape index (κ1) is 36.5. The highest BCUT2D eigenvalue weighted by Gasteiger charge is 2.47. The Labute approximate surface area is 334 Å². The second-order valence-corrected chi connectivity index (χ2v) is 17.0. The van der Waals surface area contributed by atoms with Gasteiger partial charge in [0, 0.05) is 65.0 Å². The van der Waals surface area contributed by atoms with Crippen molar-refractivity contribution in [2.45, 2.75) is 43.1 Å². The molecule has 0 spiro atoms. The van der Waals surface area contributed by atoms with Crippen LogP contribution in [0, 0.1) is 18.7 Å². The molecular formula is C45H41FN4O7S. The van der Waals surface area contributed by atoms with Crippen LogP contribution in [-0.2, 0) is 28.6 Å². The van der Waals surface area contributed by atoms with Crippen LogP contribution in [0.4, 0.5) is 10.1 Å². The monoisotopic (exact) mass is 800 g/mol. The van der Waals surface area contributed by atoms with Gasteiger partial charge >= 0.3 is 0 Å². The minimum Gasteiger partial charge on any atom is -0.485 e. The van der Waals surface area contributed by atoms with Gasteiger partial charge in [-0.3, -0.25) is 14.4 Å². The van der Waals surface area contributed by atoms with E-state index in [1.165, 1.54) is 12.1 Å². The number of aryl methyl sites for hydroxylation is 1. The number of nitrogens with zero attached hydrogens (tertiary/aromatic N) is 2. The highest BCUT2D eigenvalue weighted by atomic mass is 32.2. The third-order valence-corrected chi connectivity index (χ3v) is 12.8. The third-order valence-electron chi connectivity index (χ3n) is 11.9. The van der Waals surface area contributed by atoms with E-state index < -0.39 is 15.7 Å². The average molecular weight is 801 g/mol. The van der Waals surface area contributed by atoms with Crippen LogP contribution in [0.25, 0.3) is 27.9 Å².